The van der Waals surface area contributed by atoms with Crippen molar-refractivity contribution in [2.24, 2.45) is 0 Å². The molecule has 20 heavy (non-hydrogen) atoms. The van der Waals surface area contributed by atoms with E-state index in [9.17, 15) is 4.79 Å². The number of anilines is 1. The van der Waals surface area contributed by atoms with Crippen molar-refractivity contribution in [1.29, 1.82) is 0 Å². The number of benzene rings is 2. The van der Waals surface area contributed by atoms with Gasteiger partial charge in [0.2, 0.25) is 0 Å². The molecule has 1 N–H and O–H groups in total. The van der Waals surface area contributed by atoms with E-state index in [-0.39, 0.29) is 5.91 Å². The minimum atomic E-state index is 0.0418. The summed E-state index contributed by atoms with van der Waals surface area (Å²) in [6.45, 7) is 2.08. The van der Waals surface area contributed by atoms with Crippen LogP contribution in [-0.4, -0.2) is 23.9 Å². The van der Waals surface area contributed by atoms with Crippen molar-refractivity contribution in [2.75, 3.05) is 18.4 Å². The molecule has 3 nitrogen and oxygen atoms in total. The summed E-state index contributed by atoms with van der Waals surface area (Å²) in [6, 6.07) is 15.1. The molecule has 0 bridgehead atoms. The van der Waals surface area contributed by atoms with Crippen LogP contribution in [0.15, 0.2) is 48.5 Å². The minimum Gasteiger partial charge on any atom is -0.383 e. The lowest BCUT2D eigenvalue weighted by Gasteiger charge is -2.20. The second kappa shape index (κ2) is 5.55. The fourth-order valence-electron chi connectivity index (χ4n) is 2.39. The van der Waals surface area contributed by atoms with E-state index < -0.39 is 0 Å². The van der Waals surface area contributed by atoms with Crippen LogP contribution in [-0.2, 0) is 6.54 Å². The Morgan fingerprint density at radius 2 is 1.85 bits per heavy atom. The van der Waals surface area contributed by atoms with Gasteiger partial charge in [-0.15, -0.1) is 0 Å². The van der Waals surface area contributed by atoms with E-state index in [4.69, 9.17) is 11.6 Å². The summed E-state index contributed by atoms with van der Waals surface area (Å²) in [5.74, 6) is 0.0418. The van der Waals surface area contributed by atoms with E-state index in [0.29, 0.717) is 23.7 Å². The second-order valence-corrected chi connectivity index (χ2v) is 5.25. The number of amides is 1. The zero-order valence-corrected chi connectivity index (χ0v) is 11.7. The summed E-state index contributed by atoms with van der Waals surface area (Å²) in [6.07, 6.45) is 0. The molecule has 0 spiro atoms. The number of nitrogens with one attached hydrogen (secondary N) is 1. The van der Waals surface area contributed by atoms with Crippen LogP contribution >= 0.6 is 11.6 Å². The van der Waals surface area contributed by atoms with Gasteiger partial charge in [-0.3, -0.25) is 4.79 Å². The molecule has 0 fully saturated rings. The van der Waals surface area contributed by atoms with Gasteiger partial charge in [-0.05, 0) is 35.9 Å². The maximum Gasteiger partial charge on any atom is 0.254 e. The van der Waals surface area contributed by atoms with Gasteiger partial charge in [-0.2, -0.15) is 0 Å². The zero-order valence-electron chi connectivity index (χ0n) is 11.0. The maximum absolute atomic E-state index is 12.5. The topological polar surface area (TPSA) is 32.3 Å². The van der Waals surface area contributed by atoms with Crippen molar-refractivity contribution in [3.63, 3.8) is 0 Å². The Morgan fingerprint density at radius 3 is 2.65 bits per heavy atom. The van der Waals surface area contributed by atoms with E-state index in [2.05, 4.69) is 11.4 Å². The molecule has 1 aliphatic rings. The molecular weight excluding hydrogens is 272 g/mol. The van der Waals surface area contributed by atoms with Gasteiger partial charge in [-0.25, -0.2) is 0 Å². The molecule has 0 saturated heterocycles. The number of fused-ring (bicyclic) bond motifs is 1. The van der Waals surface area contributed by atoms with E-state index in [1.165, 1.54) is 0 Å². The van der Waals surface area contributed by atoms with E-state index in [1.54, 1.807) is 24.3 Å². The van der Waals surface area contributed by atoms with Crippen LogP contribution in [0.2, 0.25) is 5.02 Å². The molecule has 0 atom stereocenters. The van der Waals surface area contributed by atoms with Crippen molar-refractivity contribution in [3.8, 4) is 0 Å². The molecule has 0 aliphatic carbocycles. The number of halogens is 1. The van der Waals surface area contributed by atoms with Crippen LogP contribution in [0.3, 0.4) is 0 Å². The van der Waals surface area contributed by atoms with Crippen LogP contribution in [0.4, 0.5) is 5.69 Å². The van der Waals surface area contributed by atoms with Crippen LogP contribution in [0, 0.1) is 0 Å². The van der Waals surface area contributed by atoms with Crippen molar-refractivity contribution in [1.82, 2.24) is 4.90 Å². The molecular formula is C16H15ClN2O. The molecule has 0 aromatic heterocycles. The fourth-order valence-corrected chi connectivity index (χ4v) is 2.52. The van der Waals surface area contributed by atoms with Crippen molar-refractivity contribution < 1.29 is 4.79 Å². The van der Waals surface area contributed by atoms with Crippen LogP contribution < -0.4 is 5.32 Å². The summed E-state index contributed by atoms with van der Waals surface area (Å²) in [5.41, 5.74) is 2.93. The molecule has 3 rings (SSSR count). The van der Waals surface area contributed by atoms with Gasteiger partial charge in [0.15, 0.2) is 0 Å². The van der Waals surface area contributed by atoms with Crippen LogP contribution in [0.5, 0.6) is 0 Å². The van der Waals surface area contributed by atoms with Gasteiger partial charge in [0.25, 0.3) is 5.91 Å². The Bertz CT molecular complexity index is 625. The molecule has 0 unspecified atom stereocenters. The summed E-state index contributed by atoms with van der Waals surface area (Å²) in [7, 11) is 0. The van der Waals surface area contributed by atoms with Gasteiger partial charge in [0.1, 0.15) is 0 Å². The number of rotatable bonds is 1. The lowest BCUT2D eigenvalue weighted by atomic mass is 10.1. The largest absolute Gasteiger partial charge is 0.383 e. The number of nitrogens with zero attached hydrogens (tertiary/aromatic N) is 1. The van der Waals surface area contributed by atoms with E-state index >= 15 is 0 Å². The average molecular weight is 287 g/mol. The van der Waals surface area contributed by atoms with E-state index in [1.807, 2.05) is 23.1 Å². The molecule has 1 aliphatic heterocycles. The van der Waals surface area contributed by atoms with Gasteiger partial charge in [0, 0.05) is 35.9 Å². The predicted molar refractivity (Wildman–Crippen MR) is 81.1 cm³/mol. The van der Waals surface area contributed by atoms with Gasteiger partial charge in [-0.1, -0.05) is 29.8 Å². The first kappa shape index (κ1) is 13.0. The summed E-state index contributed by atoms with van der Waals surface area (Å²) in [5, 5.41) is 4.00. The first-order valence-electron chi connectivity index (χ1n) is 6.60. The molecule has 102 valence electrons. The van der Waals surface area contributed by atoms with Crippen molar-refractivity contribution in [2.45, 2.75) is 6.54 Å². The predicted octanol–water partition coefficient (Wildman–Crippen LogP) is 3.41. The van der Waals surface area contributed by atoms with Gasteiger partial charge in [0.05, 0.1) is 0 Å². The maximum atomic E-state index is 12.5. The minimum absolute atomic E-state index is 0.0418. The van der Waals surface area contributed by atoms with Gasteiger partial charge >= 0.3 is 0 Å². The second-order valence-electron chi connectivity index (χ2n) is 4.82. The molecule has 0 saturated carbocycles. The third-order valence-corrected chi connectivity index (χ3v) is 3.71. The fraction of sp³-hybridized carbons (Fsp3) is 0.188. The lowest BCUT2D eigenvalue weighted by molar-refractivity contribution is 0.0753. The summed E-state index contributed by atoms with van der Waals surface area (Å²) in [4.78, 5) is 14.4. The highest BCUT2D eigenvalue weighted by Crippen LogP contribution is 2.21. The smallest absolute Gasteiger partial charge is 0.254 e. The third-order valence-electron chi connectivity index (χ3n) is 3.45. The van der Waals surface area contributed by atoms with Gasteiger partial charge < -0.3 is 10.2 Å². The third kappa shape index (κ3) is 2.63. The SMILES string of the molecule is O=C(c1ccc(Cl)cc1)N1CCNc2ccccc2C1. The Balaban J connectivity index is 1.84. The Labute approximate surface area is 123 Å². The molecule has 2 aromatic carbocycles. The van der Waals surface area contributed by atoms with Crippen molar-refractivity contribution in [3.05, 3.63) is 64.7 Å². The Morgan fingerprint density at radius 1 is 1.10 bits per heavy atom. The highest BCUT2D eigenvalue weighted by atomic mass is 35.5. The number of para-hydroxylation sites is 1. The first-order valence-corrected chi connectivity index (χ1v) is 6.98. The van der Waals surface area contributed by atoms with Crippen molar-refractivity contribution >= 4 is 23.2 Å². The highest BCUT2D eigenvalue weighted by molar-refractivity contribution is 6.30. The Hall–Kier alpha value is -2.00. The quantitative estimate of drug-likeness (QED) is 0.871. The molecule has 0 radical (unpaired) electrons. The highest BCUT2D eigenvalue weighted by Gasteiger charge is 2.19. The Kier molecular flexibility index (Phi) is 3.61. The summed E-state index contributed by atoms with van der Waals surface area (Å²) >= 11 is 5.86. The monoisotopic (exact) mass is 286 g/mol. The average Bonchev–Trinajstić information content (AvgIpc) is 2.69. The number of hydrogen-bond donors (Lipinski definition) is 1. The summed E-state index contributed by atoms with van der Waals surface area (Å²) < 4.78 is 0. The molecule has 4 heteroatoms. The molecule has 1 amide bonds. The standard InChI is InChI=1S/C16H15ClN2O/c17-14-7-5-12(6-8-14)16(20)19-10-9-18-15-4-2-1-3-13(15)11-19/h1-8,18H,9-11H2. The molecule has 1 heterocycles. The molecule has 2 aromatic rings. The first-order chi connectivity index (χ1) is 9.74. The number of hydrogen-bond acceptors (Lipinski definition) is 2. The van der Waals surface area contributed by atoms with Crippen LogP contribution in [0.1, 0.15) is 15.9 Å². The van der Waals surface area contributed by atoms with Crippen LogP contribution in [0.25, 0.3) is 0 Å². The number of carbonyl (C=O) groups is 1. The lowest BCUT2D eigenvalue weighted by Crippen LogP contribution is -2.32. The normalized spacial score (nSPS) is 14.2. The zero-order chi connectivity index (χ0) is 13.9. The van der Waals surface area contributed by atoms with E-state index in [0.717, 1.165) is 17.8 Å². The number of carbonyl (C=O) groups excluding carboxylic acids is 1.